The first-order valence-electron chi connectivity index (χ1n) is 9.03. The van der Waals surface area contributed by atoms with Gasteiger partial charge in [-0.2, -0.15) is 5.10 Å². The number of hydrogen-bond donors (Lipinski definition) is 2. The minimum absolute atomic E-state index is 0.0127. The lowest BCUT2D eigenvalue weighted by Crippen LogP contribution is -2.49. The summed E-state index contributed by atoms with van der Waals surface area (Å²) in [4.78, 5) is 22.8. The van der Waals surface area contributed by atoms with Crippen molar-refractivity contribution >= 4 is 41.4 Å². The summed E-state index contributed by atoms with van der Waals surface area (Å²) < 4.78 is 14.4. The minimum atomic E-state index is -0.597. The van der Waals surface area contributed by atoms with E-state index in [0.29, 0.717) is 18.8 Å². The van der Waals surface area contributed by atoms with Gasteiger partial charge in [-0.1, -0.05) is 17.7 Å². The molecule has 1 unspecified atom stereocenters. The number of hydrogen-bond acceptors (Lipinski definition) is 5. The van der Waals surface area contributed by atoms with E-state index in [-0.39, 0.29) is 39.8 Å². The summed E-state index contributed by atoms with van der Waals surface area (Å²) in [5, 5.41) is 6.79. The van der Waals surface area contributed by atoms with E-state index in [9.17, 15) is 9.18 Å². The van der Waals surface area contributed by atoms with Gasteiger partial charge < -0.3 is 10.6 Å². The number of likely N-dealkylation sites (tertiary alicyclic amines) is 1. The molecule has 1 amide bonds. The lowest BCUT2D eigenvalue weighted by atomic mass is 10.0. The number of aliphatic imine (C=N–C) groups is 2. The Bertz CT molecular complexity index is 925. The highest BCUT2D eigenvalue weighted by Crippen LogP contribution is 2.38. The Labute approximate surface area is 167 Å². The maximum Gasteiger partial charge on any atom is 0.268 e. The van der Waals surface area contributed by atoms with E-state index in [0.717, 1.165) is 19.3 Å². The summed E-state index contributed by atoms with van der Waals surface area (Å²) in [7, 11) is 0. The van der Waals surface area contributed by atoms with Crippen LogP contribution in [0.4, 0.5) is 15.9 Å². The molecule has 1 saturated heterocycles. The van der Waals surface area contributed by atoms with Crippen LogP contribution in [0.2, 0.25) is 5.02 Å². The van der Waals surface area contributed by atoms with Crippen LogP contribution in [0.5, 0.6) is 0 Å². The molecule has 1 aliphatic heterocycles. The van der Waals surface area contributed by atoms with Crippen molar-refractivity contribution in [3.63, 3.8) is 0 Å². The van der Waals surface area contributed by atoms with Gasteiger partial charge in [0.2, 0.25) is 5.82 Å². The van der Waals surface area contributed by atoms with Gasteiger partial charge in [-0.05, 0) is 45.0 Å². The first-order chi connectivity index (χ1) is 13.5. The topological polar surface area (TPSA) is 99.7 Å². The van der Waals surface area contributed by atoms with Crippen LogP contribution in [0.1, 0.15) is 26.2 Å². The number of halogens is 2. The number of rotatable bonds is 5. The van der Waals surface area contributed by atoms with Crippen LogP contribution in [0, 0.1) is 5.82 Å². The van der Waals surface area contributed by atoms with Crippen molar-refractivity contribution in [1.82, 2.24) is 15.1 Å². The Balaban J connectivity index is 1.94. The molecule has 0 saturated carbocycles. The van der Waals surface area contributed by atoms with E-state index in [1.807, 2.05) is 0 Å². The Morgan fingerprint density at radius 3 is 3.00 bits per heavy atom. The number of H-pyrrole nitrogens is 1. The fraction of sp³-hybridized carbons (Fsp3) is 0.368. The van der Waals surface area contributed by atoms with E-state index in [2.05, 4.69) is 26.9 Å². The minimum Gasteiger partial charge on any atom is -0.333 e. The van der Waals surface area contributed by atoms with Crippen LogP contribution in [-0.2, 0) is 4.79 Å². The second-order valence-corrected chi connectivity index (χ2v) is 7.02. The highest BCUT2D eigenvalue weighted by Gasteiger charge is 2.27. The van der Waals surface area contributed by atoms with Crippen LogP contribution in [0.25, 0.3) is 11.3 Å². The Hall–Kier alpha value is -2.58. The average Bonchev–Trinajstić information content (AvgIpc) is 3.11. The van der Waals surface area contributed by atoms with Gasteiger partial charge in [0.25, 0.3) is 5.91 Å². The van der Waals surface area contributed by atoms with Crippen LogP contribution in [0.3, 0.4) is 0 Å². The molecule has 2 heterocycles. The smallest absolute Gasteiger partial charge is 0.268 e. The summed E-state index contributed by atoms with van der Waals surface area (Å²) in [5.41, 5.74) is 6.81. The third-order valence-corrected chi connectivity index (χ3v) is 5.14. The van der Waals surface area contributed by atoms with Gasteiger partial charge in [0.15, 0.2) is 5.82 Å². The first-order valence-corrected chi connectivity index (χ1v) is 9.41. The molecule has 1 aromatic heterocycles. The third kappa shape index (κ3) is 3.83. The van der Waals surface area contributed by atoms with Gasteiger partial charge in [-0.3, -0.25) is 14.9 Å². The van der Waals surface area contributed by atoms with Crippen molar-refractivity contribution in [2.75, 3.05) is 13.1 Å². The zero-order valence-corrected chi connectivity index (χ0v) is 16.3. The zero-order valence-electron chi connectivity index (χ0n) is 15.6. The standard InChI is InChI=1S/C19H22ClFN6O/c1-11(19(28)27-9-4-3-6-12(27)10-22)24-18-17(23-2)16(25-26-18)13-7-5-8-14(20)15(13)21/h5,7-8,12H,2-4,6,9-10,22H2,1H3,(H,25,26). The predicted octanol–water partition coefficient (Wildman–Crippen LogP) is 3.63. The Morgan fingerprint density at radius 1 is 1.50 bits per heavy atom. The number of amides is 1. The molecule has 1 aromatic carbocycles. The average molecular weight is 405 g/mol. The maximum absolute atomic E-state index is 14.4. The highest BCUT2D eigenvalue weighted by molar-refractivity contribution is 6.38. The zero-order chi connectivity index (χ0) is 20.3. The molecule has 3 N–H and O–H groups in total. The monoisotopic (exact) mass is 404 g/mol. The van der Waals surface area contributed by atoms with Crippen LogP contribution in [0.15, 0.2) is 28.2 Å². The van der Waals surface area contributed by atoms with E-state index >= 15 is 0 Å². The molecule has 148 valence electrons. The van der Waals surface area contributed by atoms with Gasteiger partial charge in [-0.25, -0.2) is 9.38 Å². The van der Waals surface area contributed by atoms with Gasteiger partial charge >= 0.3 is 0 Å². The van der Waals surface area contributed by atoms with Crippen molar-refractivity contribution in [2.24, 2.45) is 15.7 Å². The number of carbonyl (C=O) groups excluding carboxylic acids is 1. The molecular formula is C19H22ClFN6O. The quantitative estimate of drug-likeness (QED) is 0.744. The Kier molecular flexibility index (Phi) is 6.21. The summed E-state index contributed by atoms with van der Waals surface area (Å²) >= 11 is 5.86. The third-order valence-electron chi connectivity index (χ3n) is 4.84. The van der Waals surface area contributed by atoms with E-state index in [1.165, 1.54) is 6.07 Å². The fourth-order valence-corrected chi connectivity index (χ4v) is 3.54. The number of nitrogens with two attached hydrogens (primary N) is 1. The van der Waals surface area contributed by atoms with Gasteiger partial charge in [-0.15, -0.1) is 0 Å². The largest absolute Gasteiger partial charge is 0.333 e. The van der Waals surface area contributed by atoms with Crippen LogP contribution < -0.4 is 5.73 Å². The van der Waals surface area contributed by atoms with Gasteiger partial charge in [0.05, 0.1) is 10.7 Å². The number of aromatic amines is 1. The van der Waals surface area contributed by atoms with Gasteiger partial charge in [0, 0.05) is 24.7 Å². The number of carbonyl (C=O) groups is 1. The Morgan fingerprint density at radius 2 is 2.29 bits per heavy atom. The molecule has 1 aliphatic rings. The molecule has 0 aliphatic carbocycles. The second kappa shape index (κ2) is 8.62. The van der Waals surface area contributed by atoms with E-state index < -0.39 is 5.82 Å². The van der Waals surface area contributed by atoms with Crippen molar-refractivity contribution in [3.05, 3.63) is 29.0 Å². The molecule has 1 atom stereocenters. The van der Waals surface area contributed by atoms with Crippen LogP contribution >= 0.6 is 11.6 Å². The summed E-state index contributed by atoms with van der Waals surface area (Å²) in [5.74, 6) is -0.625. The SMILES string of the molecule is C=Nc1c(N=C(C)C(=O)N2CCCCC2CN)n[nH]c1-c1cccc(Cl)c1F. The molecule has 3 rings (SSSR count). The summed E-state index contributed by atoms with van der Waals surface area (Å²) in [6.07, 6.45) is 2.88. The molecular weight excluding hydrogens is 383 g/mol. The van der Waals surface area contributed by atoms with Crippen molar-refractivity contribution in [1.29, 1.82) is 0 Å². The molecule has 2 aromatic rings. The molecule has 9 heteroatoms. The second-order valence-electron chi connectivity index (χ2n) is 6.61. The molecule has 28 heavy (non-hydrogen) atoms. The molecule has 7 nitrogen and oxygen atoms in total. The lowest BCUT2D eigenvalue weighted by molar-refractivity contribution is -0.127. The number of nitrogens with zero attached hydrogens (tertiary/aromatic N) is 4. The predicted molar refractivity (Wildman–Crippen MR) is 109 cm³/mol. The maximum atomic E-state index is 14.4. The summed E-state index contributed by atoms with van der Waals surface area (Å²) in [6, 6.07) is 4.63. The highest BCUT2D eigenvalue weighted by atomic mass is 35.5. The van der Waals surface area contributed by atoms with Crippen molar-refractivity contribution < 1.29 is 9.18 Å². The number of benzene rings is 1. The number of nitrogens with one attached hydrogen (secondary N) is 1. The number of piperidine rings is 1. The van der Waals surface area contributed by atoms with E-state index in [4.69, 9.17) is 17.3 Å². The first kappa shape index (κ1) is 20.2. The normalized spacial score (nSPS) is 17.6. The van der Waals surface area contributed by atoms with Crippen LogP contribution in [-0.4, -0.2) is 52.6 Å². The molecule has 0 radical (unpaired) electrons. The fourth-order valence-electron chi connectivity index (χ4n) is 3.37. The molecule has 0 spiro atoms. The molecule has 0 bridgehead atoms. The lowest BCUT2D eigenvalue weighted by Gasteiger charge is -2.34. The molecule has 1 fully saturated rings. The number of aromatic nitrogens is 2. The van der Waals surface area contributed by atoms with Crippen molar-refractivity contribution in [3.8, 4) is 11.3 Å². The van der Waals surface area contributed by atoms with Crippen molar-refractivity contribution in [2.45, 2.75) is 32.2 Å². The summed E-state index contributed by atoms with van der Waals surface area (Å²) in [6.45, 7) is 6.21. The van der Waals surface area contributed by atoms with Gasteiger partial charge in [0.1, 0.15) is 11.4 Å². The van der Waals surface area contributed by atoms with E-state index in [1.54, 1.807) is 24.0 Å².